The Morgan fingerprint density at radius 1 is 1.26 bits per heavy atom. The summed E-state index contributed by atoms with van der Waals surface area (Å²) in [5.74, 6) is -0.259. The van der Waals surface area contributed by atoms with Crippen LogP contribution in [0.2, 0.25) is 0 Å². The molecule has 0 unspecified atom stereocenters. The van der Waals surface area contributed by atoms with Crippen LogP contribution in [-0.4, -0.2) is 36.3 Å². The maximum Gasteiger partial charge on any atom is 0.191 e. The Morgan fingerprint density at radius 2 is 2.00 bits per heavy atom. The summed E-state index contributed by atoms with van der Waals surface area (Å²) in [5, 5.41) is 16.5. The minimum Gasteiger partial charge on any atom is -0.388 e. The monoisotopic (exact) mass is 325 g/mol. The Kier molecular flexibility index (Phi) is 6.33. The van der Waals surface area contributed by atoms with Crippen molar-refractivity contribution in [2.24, 2.45) is 4.99 Å². The molecule has 128 valence electrons. The molecule has 0 aromatic heterocycles. The SMILES string of the molecule is CCNC(=NCC1(O)CCCC1)NCCc1cc(F)ccc1F. The molecular formula is C17H25F2N3O. The fraction of sp³-hybridized carbons (Fsp3) is 0.588. The molecule has 0 saturated heterocycles. The molecule has 0 spiro atoms. The summed E-state index contributed by atoms with van der Waals surface area (Å²) in [7, 11) is 0. The number of nitrogens with one attached hydrogen (secondary N) is 2. The van der Waals surface area contributed by atoms with E-state index in [4.69, 9.17) is 0 Å². The van der Waals surface area contributed by atoms with Crippen LogP contribution in [0.25, 0.3) is 0 Å². The number of guanidine groups is 1. The molecule has 0 aliphatic heterocycles. The van der Waals surface area contributed by atoms with E-state index in [1.54, 1.807) is 0 Å². The summed E-state index contributed by atoms with van der Waals surface area (Å²) in [4.78, 5) is 4.41. The van der Waals surface area contributed by atoms with Crippen molar-refractivity contribution in [3.05, 3.63) is 35.4 Å². The number of halogens is 2. The fourth-order valence-corrected chi connectivity index (χ4v) is 2.81. The van der Waals surface area contributed by atoms with Gasteiger partial charge in [-0.05, 0) is 49.9 Å². The van der Waals surface area contributed by atoms with Crippen molar-refractivity contribution in [3.63, 3.8) is 0 Å². The molecule has 0 radical (unpaired) electrons. The van der Waals surface area contributed by atoms with Gasteiger partial charge in [0.15, 0.2) is 5.96 Å². The summed E-state index contributed by atoms with van der Waals surface area (Å²) < 4.78 is 26.7. The second kappa shape index (κ2) is 8.24. The number of hydrogen-bond donors (Lipinski definition) is 3. The van der Waals surface area contributed by atoms with Gasteiger partial charge in [-0.15, -0.1) is 0 Å². The number of rotatable bonds is 6. The Labute approximate surface area is 136 Å². The molecule has 6 heteroatoms. The molecule has 1 aliphatic carbocycles. The highest BCUT2D eigenvalue weighted by atomic mass is 19.1. The topological polar surface area (TPSA) is 56.7 Å². The van der Waals surface area contributed by atoms with Crippen LogP contribution >= 0.6 is 0 Å². The second-order valence-corrected chi connectivity index (χ2v) is 6.04. The average Bonchev–Trinajstić information content (AvgIpc) is 2.95. The van der Waals surface area contributed by atoms with Crippen LogP contribution in [0.1, 0.15) is 38.2 Å². The maximum atomic E-state index is 13.6. The summed E-state index contributed by atoms with van der Waals surface area (Å²) in [6.07, 6.45) is 4.00. The van der Waals surface area contributed by atoms with Crippen LogP contribution in [0.15, 0.2) is 23.2 Å². The first-order chi connectivity index (χ1) is 11.0. The average molecular weight is 325 g/mol. The first kappa shape index (κ1) is 17.7. The lowest BCUT2D eigenvalue weighted by Gasteiger charge is -2.20. The molecule has 1 saturated carbocycles. The predicted octanol–water partition coefficient (Wildman–Crippen LogP) is 2.37. The van der Waals surface area contributed by atoms with E-state index in [9.17, 15) is 13.9 Å². The van der Waals surface area contributed by atoms with Crippen molar-refractivity contribution in [1.82, 2.24) is 10.6 Å². The zero-order valence-corrected chi connectivity index (χ0v) is 13.5. The van der Waals surface area contributed by atoms with Gasteiger partial charge in [0.1, 0.15) is 11.6 Å². The van der Waals surface area contributed by atoms with Gasteiger partial charge in [0, 0.05) is 13.1 Å². The fourth-order valence-electron chi connectivity index (χ4n) is 2.81. The van der Waals surface area contributed by atoms with E-state index < -0.39 is 17.2 Å². The summed E-state index contributed by atoms with van der Waals surface area (Å²) in [5.41, 5.74) is -0.362. The highest BCUT2D eigenvalue weighted by molar-refractivity contribution is 5.79. The lowest BCUT2D eigenvalue weighted by Crippen LogP contribution is -2.40. The summed E-state index contributed by atoms with van der Waals surface area (Å²) in [6, 6.07) is 3.46. The highest BCUT2D eigenvalue weighted by Gasteiger charge is 2.30. The van der Waals surface area contributed by atoms with E-state index in [2.05, 4.69) is 15.6 Å². The van der Waals surface area contributed by atoms with Crippen molar-refractivity contribution in [2.45, 2.75) is 44.6 Å². The molecule has 1 fully saturated rings. The first-order valence-electron chi connectivity index (χ1n) is 8.21. The first-order valence-corrected chi connectivity index (χ1v) is 8.21. The molecule has 3 N–H and O–H groups in total. The van der Waals surface area contributed by atoms with Crippen molar-refractivity contribution < 1.29 is 13.9 Å². The molecule has 0 bridgehead atoms. The van der Waals surface area contributed by atoms with Gasteiger partial charge in [0.2, 0.25) is 0 Å². The van der Waals surface area contributed by atoms with Crippen LogP contribution < -0.4 is 10.6 Å². The van der Waals surface area contributed by atoms with Crippen molar-refractivity contribution >= 4 is 5.96 Å². The minimum absolute atomic E-state index is 0.336. The Bertz CT molecular complexity index is 543. The van der Waals surface area contributed by atoms with E-state index in [1.165, 1.54) is 6.07 Å². The Hall–Kier alpha value is -1.69. The van der Waals surface area contributed by atoms with Gasteiger partial charge in [-0.25, -0.2) is 8.78 Å². The lowest BCUT2D eigenvalue weighted by molar-refractivity contribution is 0.0574. The van der Waals surface area contributed by atoms with Gasteiger partial charge in [-0.2, -0.15) is 0 Å². The number of nitrogens with zero attached hydrogens (tertiary/aromatic N) is 1. The van der Waals surface area contributed by atoms with Gasteiger partial charge in [-0.3, -0.25) is 4.99 Å². The molecule has 4 nitrogen and oxygen atoms in total. The molecule has 0 heterocycles. The third-order valence-electron chi connectivity index (χ3n) is 4.10. The Morgan fingerprint density at radius 3 is 2.70 bits per heavy atom. The van der Waals surface area contributed by atoms with Gasteiger partial charge >= 0.3 is 0 Å². The number of hydrogen-bond acceptors (Lipinski definition) is 2. The number of aliphatic hydroxyl groups is 1. The van der Waals surface area contributed by atoms with Crippen molar-refractivity contribution in [2.75, 3.05) is 19.6 Å². The standard InChI is InChI=1S/C17H25F2N3O/c1-2-20-16(22-12-17(23)8-3-4-9-17)21-10-7-13-11-14(18)5-6-15(13)19/h5-6,11,23H,2-4,7-10,12H2,1H3,(H2,20,21,22). The second-order valence-electron chi connectivity index (χ2n) is 6.04. The molecule has 1 aromatic carbocycles. The van der Waals surface area contributed by atoms with Crippen LogP contribution in [0.4, 0.5) is 8.78 Å². The van der Waals surface area contributed by atoms with Gasteiger partial charge in [0.25, 0.3) is 0 Å². The van der Waals surface area contributed by atoms with Crippen molar-refractivity contribution in [3.8, 4) is 0 Å². The molecule has 0 amide bonds. The van der Waals surface area contributed by atoms with Gasteiger partial charge in [0.05, 0.1) is 12.1 Å². The van der Waals surface area contributed by atoms with Gasteiger partial charge < -0.3 is 15.7 Å². The quantitative estimate of drug-likeness (QED) is 0.556. The molecular weight excluding hydrogens is 300 g/mol. The molecule has 23 heavy (non-hydrogen) atoms. The smallest absolute Gasteiger partial charge is 0.191 e. The normalized spacial score (nSPS) is 17.3. The number of benzene rings is 1. The molecule has 2 rings (SSSR count). The van der Waals surface area contributed by atoms with E-state index in [-0.39, 0.29) is 0 Å². The van der Waals surface area contributed by atoms with Crippen LogP contribution in [-0.2, 0) is 6.42 Å². The highest BCUT2D eigenvalue weighted by Crippen LogP contribution is 2.29. The maximum absolute atomic E-state index is 13.6. The molecule has 1 aliphatic rings. The van der Waals surface area contributed by atoms with Gasteiger partial charge in [-0.1, -0.05) is 12.8 Å². The minimum atomic E-state index is -0.697. The third-order valence-corrected chi connectivity index (χ3v) is 4.10. The Balaban J connectivity index is 1.87. The summed E-state index contributed by atoms with van der Waals surface area (Å²) in [6.45, 7) is 3.44. The zero-order valence-electron chi connectivity index (χ0n) is 13.5. The lowest BCUT2D eigenvalue weighted by atomic mass is 10.0. The molecule has 0 atom stereocenters. The number of aliphatic imine (C=N–C) groups is 1. The van der Waals surface area contributed by atoms with E-state index in [0.717, 1.165) is 37.8 Å². The van der Waals surface area contributed by atoms with Crippen LogP contribution in [0.5, 0.6) is 0 Å². The van der Waals surface area contributed by atoms with E-state index in [0.29, 0.717) is 37.6 Å². The van der Waals surface area contributed by atoms with Crippen LogP contribution in [0.3, 0.4) is 0 Å². The van der Waals surface area contributed by atoms with E-state index >= 15 is 0 Å². The third kappa shape index (κ3) is 5.46. The predicted molar refractivity (Wildman–Crippen MR) is 87.5 cm³/mol. The summed E-state index contributed by atoms with van der Waals surface area (Å²) >= 11 is 0. The molecule has 1 aromatic rings. The van der Waals surface area contributed by atoms with E-state index in [1.807, 2.05) is 6.92 Å². The largest absolute Gasteiger partial charge is 0.388 e. The van der Waals surface area contributed by atoms with Crippen LogP contribution in [0, 0.1) is 11.6 Å². The zero-order chi connectivity index (χ0) is 16.7. The van der Waals surface area contributed by atoms with Crippen molar-refractivity contribution in [1.29, 1.82) is 0 Å².